The van der Waals surface area contributed by atoms with Crippen molar-refractivity contribution in [1.82, 2.24) is 15.0 Å². The van der Waals surface area contributed by atoms with E-state index in [1.165, 1.54) is 32.1 Å². The van der Waals surface area contributed by atoms with Gasteiger partial charge in [0.2, 0.25) is 0 Å². The monoisotopic (exact) mass is 415 g/mol. The molecule has 1 aromatic rings. The fourth-order valence-electron chi connectivity index (χ4n) is 9.05. The van der Waals surface area contributed by atoms with Gasteiger partial charge >= 0.3 is 0 Å². The van der Waals surface area contributed by atoms with Crippen molar-refractivity contribution in [3.8, 4) is 0 Å². The number of fused-ring (bicyclic) bond motifs is 5. The fourth-order valence-corrected chi connectivity index (χ4v) is 9.05. The first-order valence-corrected chi connectivity index (χ1v) is 12.4. The summed E-state index contributed by atoms with van der Waals surface area (Å²) in [6.07, 6.45) is 9.07. The van der Waals surface area contributed by atoms with Crippen LogP contribution >= 0.6 is 0 Å². The number of hydrogen-bond acceptors (Lipinski definition) is 3. The lowest BCUT2D eigenvalue weighted by molar-refractivity contribution is -0.166. The van der Waals surface area contributed by atoms with Gasteiger partial charge in [-0.2, -0.15) is 4.80 Å². The Morgan fingerprint density at radius 3 is 2.53 bits per heavy atom. The molecule has 0 radical (unpaired) electrons. The van der Waals surface area contributed by atoms with Crippen molar-refractivity contribution in [1.29, 1.82) is 0 Å². The molecule has 0 amide bonds. The number of aromatic nitrogens is 3. The largest absolute Gasteiger partial charge is 0.390 e. The number of rotatable bonds is 3. The Morgan fingerprint density at radius 2 is 1.83 bits per heavy atom. The van der Waals surface area contributed by atoms with Crippen LogP contribution in [0.4, 0.5) is 0 Å². The minimum absolute atomic E-state index is 0.152. The van der Waals surface area contributed by atoms with Crippen molar-refractivity contribution in [3.05, 3.63) is 5.82 Å². The molecule has 5 heteroatoms. The molecular weight excluding hydrogens is 374 g/mol. The molecule has 1 aromatic heterocycles. The van der Waals surface area contributed by atoms with E-state index in [2.05, 4.69) is 31.0 Å². The molecule has 4 aliphatic rings. The lowest BCUT2D eigenvalue weighted by atomic mass is 9.42. The Hall–Kier alpha value is -1.10. The van der Waals surface area contributed by atoms with Gasteiger partial charge in [-0.25, -0.2) is 0 Å². The summed E-state index contributed by atoms with van der Waals surface area (Å²) < 4.78 is 0. The molecule has 9 atom stereocenters. The third-order valence-electron chi connectivity index (χ3n) is 10.6. The highest BCUT2D eigenvalue weighted by molar-refractivity contribution is 5.82. The first-order valence-electron chi connectivity index (χ1n) is 12.4. The van der Waals surface area contributed by atoms with Crippen LogP contribution in [0.25, 0.3) is 0 Å². The number of aromatic amines is 1. The minimum Gasteiger partial charge on any atom is -0.390 e. The van der Waals surface area contributed by atoms with E-state index in [9.17, 15) is 9.90 Å². The van der Waals surface area contributed by atoms with Gasteiger partial charge in [-0.1, -0.05) is 20.8 Å². The van der Waals surface area contributed by atoms with E-state index >= 15 is 0 Å². The topological polar surface area (TPSA) is 70.9 Å². The normalized spacial score (nSPS) is 50.6. The Kier molecular flexibility index (Phi) is 4.64. The van der Waals surface area contributed by atoms with Crippen molar-refractivity contribution in [3.63, 3.8) is 0 Å². The first kappa shape index (κ1) is 20.8. The number of nitrogens with one attached hydrogen (secondary N) is 1. The summed E-state index contributed by atoms with van der Waals surface area (Å²) in [7, 11) is 0. The summed E-state index contributed by atoms with van der Waals surface area (Å²) in [5.74, 6) is 4.99. The van der Waals surface area contributed by atoms with Gasteiger partial charge in [-0.05, 0) is 106 Å². The van der Waals surface area contributed by atoms with E-state index in [1.54, 1.807) is 4.80 Å². The van der Waals surface area contributed by atoms with Crippen LogP contribution in [0.5, 0.6) is 0 Å². The lowest BCUT2D eigenvalue weighted by Gasteiger charge is -2.63. The van der Waals surface area contributed by atoms with Crippen LogP contribution in [-0.2, 0) is 11.3 Å². The summed E-state index contributed by atoms with van der Waals surface area (Å²) in [5, 5.41) is 18.2. The van der Waals surface area contributed by atoms with E-state index in [1.807, 2.05) is 13.8 Å². The second-order valence-corrected chi connectivity index (χ2v) is 12.4. The quantitative estimate of drug-likeness (QED) is 0.749. The number of carbonyl (C=O) groups is 1. The molecule has 4 aliphatic carbocycles. The number of hydrogen-bond donors (Lipinski definition) is 2. The molecule has 0 aromatic carbocycles. The molecule has 1 heterocycles. The van der Waals surface area contributed by atoms with Crippen LogP contribution in [0.15, 0.2) is 0 Å². The maximum atomic E-state index is 13.2. The summed E-state index contributed by atoms with van der Waals surface area (Å²) in [6, 6.07) is 0. The standard InChI is InChI=1S/C25H41N3O2/c1-15-12-17-13-23(3,30)10-11-24(17,4)20-8-9-25(5)18(6-7-19(25)22(15)20)21(29)14-28-26-16(2)27-28/h15,17-20,22,30H,6-14H2,1-5H3,(H,26,27)/t15-,17-,18+,19-,20-,22-,23+,24-,25+/m0/s1. The molecular formula is C25H41N3O2. The van der Waals surface area contributed by atoms with Gasteiger partial charge in [0.05, 0.1) is 5.60 Å². The zero-order chi connectivity index (χ0) is 21.5. The van der Waals surface area contributed by atoms with Crippen molar-refractivity contribution < 1.29 is 9.90 Å². The van der Waals surface area contributed by atoms with Gasteiger partial charge in [0.1, 0.15) is 12.4 Å². The highest BCUT2D eigenvalue weighted by Crippen LogP contribution is 2.69. The molecule has 2 N–H and O–H groups in total. The number of ketones is 1. The predicted octanol–water partition coefficient (Wildman–Crippen LogP) is 4.74. The van der Waals surface area contributed by atoms with Crippen molar-refractivity contribution >= 4 is 5.78 Å². The molecule has 5 rings (SSSR count). The van der Waals surface area contributed by atoms with Crippen LogP contribution in [0.1, 0.15) is 84.9 Å². The molecule has 168 valence electrons. The number of carbonyl (C=O) groups excluding carboxylic acids is 1. The van der Waals surface area contributed by atoms with E-state index < -0.39 is 5.60 Å². The van der Waals surface area contributed by atoms with Crippen LogP contribution < -0.4 is 0 Å². The molecule has 4 saturated carbocycles. The smallest absolute Gasteiger partial charge is 0.159 e. The predicted molar refractivity (Wildman–Crippen MR) is 117 cm³/mol. The highest BCUT2D eigenvalue weighted by atomic mass is 16.3. The average Bonchev–Trinajstić information content (AvgIpc) is 2.99. The van der Waals surface area contributed by atoms with Crippen molar-refractivity contribution in [2.24, 2.45) is 46.3 Å². The maximum absolute atomic E-state index is 13.2. The van der Waals surface area contributed by atoms with Crippen LogP contribution in [0.2, 0.25) is 0 Å². The average molecular weight is 416 g/mol. The molecule has 4 fully saturated rings. The van der Waals surface area contributed by atoms with Crippen LogP contribution in [0, 0.1) is 53.3 Å². The Labute approximate surface area is 181 Å². The molecule has 0 aliphatic heterocycles. The first-order chi connectivity index (χ1) is 14.0. The van der Waals surface area contributed by atoms with E-state index in [0.29, 0.717) is 35.5 Å². The lowest BCUT2D eigenvalue weighted by Crippen LogP contribution is -2.58. The number of Topliss-reactive ketones (excluding diaryl/α,β-unsaturated/α-hetero) is 1. The van der Waals surface area contributed by atoms with Gasteiger partial charge in [-0.3, -0.25) is 9.89 Å². The second kappa shape index (κ2) is 6.70. The number of aliphatic hydroxyl groups is 1. The Morgan fingerprint density at radius 1 is 1.13 bits per heavy atom. The van der Waals surface area contributed by atoms with E-state index in [0.717, 1.165) is 36.9 Å². The maximum Gasteiger partial charge on any atom is 0.159 e. The van der Waals surface area contributed by atoms with Crippen molar-refractivity contribution in [2.45, 2.75) is 98.1 Å². The number of aryl methyl sites for hydroxylation is 1. The van der Waals surface area contributed by atoms with Gasteiger partial charge in [-0.15, -0.1) is 5.10 Å². The zero-order valence-corrected chi connectivity index (χ0v) is 19.6. The Bertz CT molecular complexity index is 813. The van der Waals surface area contributed by atoms with Crippen LogP contribution in [-0.4, -0.2) is 31.5 Å². The van der Waals surface area contributed by atoms with Gasteiger partial charge < -0.3 is 5.11 Å². The number of H-pyrrole nitrogens is 1. The minimum atomic E-state index is -0.476. The molecule has 0 saturated heterocycles. The zero-order valence-electron chi connectivity index (χ0n) is 19.6. The summed E-state index contributed by atoms with van der Waals surface area (Å²) in [5.41, 5.74) is 0.0483. The SMILES string of the molecule is Cc1nn(CC(=O)[C@H]2CC[C@H]3[C@@H]4[C@@H](C)C[C@H]5C[C@](C)(O)CC[C@]5(C)[C@H]4CC[C@]23C)[nH]1. The van der Waals surface area contributed by atoms with Gasteiger partial charge in [0.15, 0.2) is 5.78 Å². The third kappa shape index (κ3) is 2.97. The molecule has 0 unspecified atom stereocenters. The number of nitrogens with zero attached hydrogens (tertiary/aromatic N) is 2. The van der Waals surface area contributed by atoms with Gasteiger partial charge in [0.25, 0.3) is 0 Å². The van der Waals surface area contributed by atoms with E-state index in [4.69, 9.17) is 0 Å². The van der Waals surface area contributed by atoms with Crippen LogP contribution in [0.3, 0.4) is 0 Å². The summed E-state index contributed by atoms with van der Waals surface area (Å²) in [4.78, 5) is 15.0. The molecule has 30 heavy (non-hydrogen) atoms. The summed E-state index contributed by atoms with van der Waals surface area (Å²) in [6.45, 7) is 11.8. The van der Waals surface area contributed by atoms with E-state index in [-0.39, 0.29) is 11.3 Å². The third-order valence-corrected chi connectivity index (χ3v) is 10.6. The summed E-state index contributed by atoms with van der Waals surface area (Å²) >= 11 is 0. The molecule has 0 spiro atoms. The second-order valence-electron chi connectivity index (χ2n) is 12.4. The van der Waals surface area contributed by atoms with Crippen molar-refractivity contribution in [2.75, 3.05) is 0 Å². The Balaban J connectivity index is 1.38. The highest BCUT2D eigenvalue weighted by Gasteiger charge is 2.63. The molecule has 0 bridgehead atoms. The van der Waals surface area contributed by atoms with Gasteiger partial charge in [0, 0.05) is 5.92 Å². The fraction of sp³-hybridized carbons (Fsp3) is 0.920. The molecule has 5 nitrogen and oxygen atoms in total.